The number of carboxylic acid groups (broad SMARTS) is 1. The Labute approximate surface area is 118 Å². The van der Waals surface area contributed by atoms with Crippen molar-refractivity contribution >= 4 is 16.0 Å². The van der Waals surface area contributed by atoms with Gasteiger partial charge in [0.2, 0.25) is 10.0 Å². The number of rotatable bonds is 5. The normalized spacial score (nSPS) is 20.1. The van der Waals surface area contributed by atoms with Gasteiger partial charge in [0, 0.05) is 13.1 Å². The van der Waals surface area contributed by atoms with Crippen molar-refractivity contribution in [3.05, 3.63) is 29.8 Å². The molecule has 6 nitrogen and oxygen atoms in total. The summed E-state index contributed by atoms with van der Waals surface area (Å²) in [6, 6.07) is 5.21. The van der Waals surface area contributed by atoms with E-state index in [4.69, 9.17) is 5.11 Å². The lowest BCUT2D eigenvalue weighted by Crippen LogP contribution is -2.30. The van der Waals surface area contributed by atoms with Crippen LogP contribution in [0.15, 0.2) is 29.2 Å². The summed E-state index contributed by atoms with van der Waals surface area (Å²) < 4.78 is 26.7. The molecule has 2 rings (SSSR count). The molecular formula is C13H18N2O4S. The van der Waals surface area contributed by atoms with Crippen LogP contribution in [0.3, 0.4) is 0 Å². The Morgan fingerprint density at radius 1 is 1.40 bits per heavy atom. The summed E-state index contributed by atoms with van der Waals surface area (Å²) >= 11 is 0. The quantitative estimate of drug-likeness (QED) is 0.832. The highest BCUT2D eigenvalue weighted by Crippen LogP contribution is 2.15. The van der Waals surface area contributed by atoms with Gasteiger partial charge in [-0.05, 0) is 50.2 Å². The Morgan fingerprint density at radius 3 is 2.55 bits per heavy atom. The first-order valence-corrected chi connectivity index (χ1v) is 7.88. The highest BCUT2D eigenvalue weighted by molar-refractivity contribution is 7.89. The van der Waals surface area contributed by atoms with E-state index in [1.54, 1.807) is 0 Å². The lowest BCUT2D eigenvalue weighted by atomic mass is 10.1. The Morgan fingerprint density at radius 2 is 2.05 bits per heavy atom. The van der Waals surface area contributed by atoms with E-state index in [2.05, 4.69) is 9.62 Å². The first-order chi connectivity index (χ1) is 9.38. The van der Waals surface area contributed by atoms with E-state index in [1.807, 2.05) is 7.05 Å². The lowest BCUT2D eigenvalue weighted by molar-refractivity contribution is 0.0696. The predicted octanol–water partition coefficient (Wildman–Crippen LogP) is 0.615. The van der Waals surface area contributed by atoms with E-state index in [0.717, 1.165) is 19.5 Å². The average Bonchev–Trinajstić information content (AvgIpc) is 2.82. The minimum atomic E-state index is -3.57. The minimum absolute atomic E-state index is 0.0707. The molecule has 0 saturated carbocycles. The molecule has 1 saturated heterocycles. The fraction of sp³-hybridized carbons (Fsp3) is 0.462. The van der Waals surface area contributed by atoms with Crippen molar-refractivity contribution in [2.75, 3.05) is 26.7 Å². The molecule has 0 aromatic heterocycles. The third kappa shape index (κ3) is 3.56. The van der Waals surface area contributed by atoms with Gasteiger partial charge in [-0.3, -0.25) is 0 Å². The van der Waals surface area contributed by atoms with Crippen molar-refractivity contribution in [3.8, 4) is 0 Å². The van der Waals surface area contributed by atoms with E-state index >= 15 is 0 Å². The van der Waals surface area contributed by atoms with E-state index < -0.39 is 16.0 Å². The molecule has 0 radical (unpaired) electrons. The van der Waals surface area contributed by atoms with Gasteiger partial charge in [0.25, 0.3) is 0 Å². The van der Waals surface area contributed by atoms with Crippen LogP contribution in [0.2, 0.25) is 0 Å². The van der Waals surface area contributed by atoms with Gasteiger partial charge in [0.1, 0.15) is 0 Å². The van der Waals surface area contributed by atoms with Crippen molar-refractivity contribution in [1.82, 2.24) is 9.62 Å². The zero-order chi connectivity index (χ0) is 14.8. The fourth-order valence-electron chi connectivity index (χ4n) is 2.28. The summed E-state index contributed by atoms with van der Waals surface area (Å²) in [5.74, 6) is -0.746. The molecule has 1 heterocycles. The maximum atomic E-state index is 12.1. The summed E-state index contributed by atoms with van der Waals surface area (Å²) in [4.78, 5) is 13.0. The fourth-order valence-corrected chi connectivity index (χ4v) is 3.40. The van der Waals surface area contributed by atoms with Crippen LogP contribution in [0, 0.1) is 5.92 Å². The zero-order valence-electron chi connectivity index (χ0n) is 11.2. The number of benzene rings is 1. The third-order valence-corrected chi connectivity index (χ3v) is 4.90. The van der Waals surface area contributed by atoms with Gasteiger partial charge < -0.3 is 10.0 Å². The van der Waals surface area contributed by atoms with Crippen molar-refractivity contribution in [3.63, 3.8) is 0 Å². The maximum Gasteiger partial charge on any atom is 0.335 e. The van der Waals surface area contributed by atoms with Crippen LogP contribution in [0.1, 0.15) is 16.8 Å². The second-order valence-electron chi connectivity index (χ2n) is 5.10. The smallest absolute Gasteiger partial charge is 0.335 e. The largest absolute Gasteiger partial charge is 0.478 e. The molecule has 1 unspecified atom stereocenters. The second kappa shape index (κ2) is 5.90. The van der Waals surface area contributed by atoms with Gasteiger partial charge in [0.05, 0.1) is 10.5 Å². The van der Waals surface area contributed by atoms with E-state index in [-0.39, 0.29) is 10.5 Å². The predicted molar refractivity (Wildman–Crippen MR) is 74.2 cm³/mol. The van der Waals surface area contributed by atoms with E-state index in [0.29, 0.717) is 12.5 Å². The summed E-state index contributed by atoms with van der Waals surface area (Å²) in [5, 5.41) is 8.78. The number of likely N-dealkylation sites (tertiary alicyclic amines) is 1. The number of carbonyl (C=O) groups is 1. The Hall–Kier alpha value is -1.44. The van der Waals surface area contributed by atoms with Gasteiger partial charge in [0.15, 0.2) is 0 Å². The number of hydrogen-bond acceptors (Lipinski definition) is 4. The van der Waals surface area contributed by atoms with Gasteiger partial charge >= 0.3 is 5.97 Å². The molecule has 7 heteroatoms. The number of nitrogens with one attached hydrogen (secondary N) is 1. The van der Waals surface area contributed by atoms with Crippen LogP contribution in [0.4, 0.5) is 0 Å². The van der Waals surface area contributed by atoms with Crippen LogP contribution < -0.4 is 4.72 Å². The summed E-state index contributed by atoms with van der Waals surface area (Å²) in [6.07, 6.45) is 0.983. The molecule has 1 atom stereocenters. The third-order valence-electron chi connectivity index (χ3n) is 3.46. The Kier molecular flexibility index (Phi) is 4.42. The highest BCUT2D eigenvalue weighted by atomic mass is 32.2. The molecule has 1 aliphatic rings. The van der Waals surface area contributed by atoms with E-state index in [9.17, 15) is 13.2 Å². The number of sulfonamides is 1. The Bertz CT molecular complexity index is 583. The van der Waals surface area contributed by atoms with Crippen LogP contribution in [-0.2, 0) is 10.0 Å². The SMILES string of the molecule is CN1CCC(CNS(=O)(=O)c2ccc(C(=O)O)cc2)C1. The summed E-state index contributed by atoms with van der Waals surface area (Å²) in [6.45, 7) is 2.29. The molecule has 1 fully saturated rings. The molecular weight excluding hydrogens is 280 g/mol. The number of hydrogen-bond donors (Lipinski definition) is 2. The second-order valence-corrected chi connectivity index (χ2v) is 6.87. The van der Waals surface area contributed by atoms with Gasteiger partial charge in [-0.2, -0.15) is 0 Å². The van der Waals surface area contributed by atoms with Crippen molar-refractivity contribution in [2.45, 2.75) is 11.3 Å². The molecule has 110 valence electrons. The first-order valence-electron chi connectivity index (χ1n) is 6.40. The molecule has 0 aliphatic carbocycles. The maximum absolute atomic E-state index is 12.1. The minimum Gasteiger partial charge on any atom is -0.478 e. The molecule has 0 bridgehead atoms. The van der Waals surface area contributed by atoms with Gasteiger partial charge in [-0.25, -0.2) is 17.9 Å². The molecule has 1 aromatic rings. The number of carboxylic acids is 1. The van der Waals surface area contributed by atoms with Crippen LogP contribution >= 0.6 is 0 Å². The topological polar surface area (TPSA) is 86.7 Å². The molecule has 1 aromatic carbocycles. The molecule has 1 aliphatic heterocycles. The monoisotopic (exact) mass is 298 g/mol. The van der Waals surface area contributed by atoms with Gasteiger partial charge in [-0.15, -0.1) is 0 Å². The summed E-state index contributed by atoms with van der Waals surface area (Å²) in [5.41, 5.74) is 0.0707. The first kappa shape index (κ1) is 15.0. The number of nitrogens with zero attached hydrogens (tertiary/aromatic N) is 1. The zero-order valence-corrected chi connectivity index (χ0v) is 12.1. The average molecular weight is 298 g/mol. The standard InChI is InChI=1S/C13H18N2O4S/c1-15-7-6-10(9-15)8-14-20(18,19)12-4-2-11(3-5-12)13(16)17/h2-5,10,14H,6-9H2,1H3,(H,16,17). The van der Waals surface area contributed by atoms with Crippen molar-refractivity contribution in [1.29, 1.82) is 0 Å². The van der Waals surface area contributed by atoms with E-state index in [1.165, 1.54) is 24.3 Å². The lowest BCUT2D eigenvalue weighted by Gasteiger charge is -2.12. The van der Waals surface area contributed by atoms with Crippen LogP contribution in [0.5, 0.6) is 0 Å². The highest BCUT2D eigenvalue weighted by Gasteiger charge is 2.22. The molecule has 0 spiro atoms. The van der Waals surface area contributed by atoms with Crippen molar-refractivity contribution < 1.29 is 18.3 Å². The summed E-state index contributed by atoms with van der Waals surface area (Å²) in [7, 11) is -1.56. The van der Waals surface area contributed by atoms with Crippen LogP contribution in [-0.4, -0.2) is 51.1 Å². The van der Waals surface area contributed by atoms with Gasteiger partial charge in [-0.1, -0.05) is 0 Å². The molecule has 20 heavy (non-hydrogen) atoms. The Balaban J connectivity index is 2.00. The van der Waals surface area contributed by atoms with Crippen molar-refractivity contribution in [2.24, 2.45) is 5.92 Å². The number of aromatic carboxylic acids is 1. The van der Waals surface area contributed by atoms with Crippen LogP contribution in [0.25, 0.3) is 0 Å². The molecule has 2 N–H and O–H groups in total. The molecule has 0 amide bonds.